The molecule has 0 spiro atoms. The Hall–Kier alpha value is -2.69. The Morgan fingerprint density at radius 1 is 1.25 bits per heavy atom. The normalized spacial score (nSPS) is 17.5. The summed E-state index contributed by atoms with van der Waals surface area (Å²) in [6.07, 6.45) is 3.75. The van der Waals surface area contributed by atoms with Crippen LogP contribution in [0.25, 0.3) is 16.9 Å². The number of carbonyl (C=O) groups excluding carboxylic acids is 1. The zero-order valence-electron chi connectivity index (χ0n) is 13.2. The maximum atomic E-state index is 13.2. The summed E-state index contributed by atoms with van der Waals surface area (Å²) >= 11 is 0. The number of aromatic nitrogens is 2. The van der Waals surface area contributed by atoms with E-state index in [9.17, 15) is 9.18 Å². The zero-order chi connectivity index (χ0) is 16.5. The van der Waals surface area contributed by atoms with Gasteiger partial charge >= 0.3 is 0 Å². The average Bonchev–Trinajstić information content (AvgIpc) is 3.21. The minimum atomic E-state index is -0.878. The second kappa shape index (κ2) is 6.07. The summed E-state index contributed by atoms with van der Waals surface area (Å²) in [7, 11) is 0. The number of alkyl halides is 1. The number of benzene rings is 1. The number of pyridine rings is 1. The highest BCUT2D eigenvalue weighted by molar-refractivity contribution is 5.79. The third-order valence-electron chi connectivity index (χ3n) is 4.43. The first-order chi connectivity index (χ1) is 11.7. The summed E-state index contributed by atoms with van der Waals surface area (Å²) in [6.45, 7) is 0.742. The number of nitrogens with zero attached hydrogens (tertiary/aromatic N) is 3. The highest BCUT2D eigenvalue weighted by Crippen LogP contribution is 2.20. The van der Waals surface area contributed by atoms with Crippen molar-refractivity contribution in [2.45, 2.75) is 19.0 Å². The van der Waals surface area contributed by atoms with Gasteiger partial charge in [-0.1, -0.05) is 30.3 Å². The Balaban J connectivity index is 1.56. The molecule has 1 atom stereocenters. The molecule has 0 aliphatic carbocycles. The predicted octanol–water partition coefficient (Wildman–Crippen LogP) is 3.11. The molecule has 0 N–H and O–H groups in total. The molecule has 1 aliphatic heterocycles. The molecule has 1 fully saturated rings. The lowest BCUT2D eigenvalue weighted by atomic mass is 10.2. The van der Waals surface area contributed by atoms with Gasteiger partial charge in [-0.05, 0) is 24.1 Å². The number of hydrogen-bond donors (Lipinski definition) is 0. The largest absolute Gasteiger partial charge is 0.339 e. The van der Waals surface area contributed by atoms with Crippen molar-refractivity contribution in [2.24, 2.45) is 0 Å². The van der Waals surface area contributed by atoms with Crippen LogP contribution >= 0.6 is 0 Å². The van der Waals surface area contributed by atoms with Crippen LogP contribution < -0.4 is 0 Å². The summed E-state index contributed by atoms with van der Waals surface area (Å²) in [5, 5.41) is 0. The lowest BCUT2D eigenvalue weighted by Crippen LogP contribution is -2.30. The molecule has 1 amide bonds. The topological polar surface area (TPSA) is 37.6 Å². The molecule has 1 aliphatic rings. The van der Waals surface area contributed by atoms with E-state index in [0.29, 0.717) is 13.0 Å². The zero-order valence-corrected chi connectivity index (χ0v) is 13.2. The Bertz CT molecular complexity index is 875. The van der Waals surface area contributed by atoms with Crippen LogP contribution in [0.5, 0.6) is 0 Å². The third kappa shape index (κ3) is 2.89. The monoisotopic (exact) mass is 323 g/mol. The van der Waals surface area contributed by atoms with Crippen molar-refractivity contribution in [1.82, 2.24) is 14.3 Å². The molecule has 4 rings (SSSR count). The van der Waals surface area contributed by atoms with Crippen molar-refractivity contribution in [1.29, 1.82) is 0 Å². The molecule has 1 saturated heterocycles. The molecule has 4 nitrogen and oxygen atoms in total. The maximum Gasteiger partial charge on any atom is 0.227 e. The van der Waals surface area contributed by atoms with Crippen molar-refractivity contribution in [2.75, 3.05) is 13.1 Å². The smallest absolute Gasteiger partial charge is 0.227 e. The van der Waals surface area contributed by atoms with Gasteiger partial charge in [0.2, 0.25) is 5.91 Å². The fraction of sp³-hybridized carbons (Fsp3) is 0.263. The van der Waals surface area contributed by atoms with E-state index < -0.39 is 6.17 Å². The second-order valence-corrected chi connectivity index (χ2v) is 6.20. The first-order valence-electron chi connectivity index (χ1n) is 8.14. The number of hydrogen-bond acceptors (Lipinski definition) is 2. The van der Waals surface area contributed by atoms with Crippen LogP contribution in [0.3, 0.4) is 0 Å². The molecule has 122 valence electrons. The molecule has 24 heavy (non-hydrogen) atoms. The minimum Gasteiger partial charge on any atom is -0.339 e. The maximum absolute atomic E-state index is 13.2. The van der Waals surface area contributed by atoms with Gasteiger partial charge in [-0.3, -0.25) is 4.79 Å². The van der Waals surface area contributed by atoms with Crippen molar-refractivity contribution in [3.63, 3.8) is 0 Å². The van der Waals surface area contributed by atoms with Crippen molar-refractivity contribution >= 4 is 11.6 Å². The summed E-state index contributed by atoms with van der Waals surface area (Å²) in [6, 6.07) is 13.8. The predicted molar refractivity (Wildman–Crippen MR) is 90.4 cm³/mol. The second-order valence-electron chi connectivity index (χ2n) is 6.20. The lowest BCUT2D eigenvalue weighted by Gasteiger charge is -2.15. The summed E-state index contributed by atoms with van der Waals surface area (Å²) in [4.78, 5) is 18.5. The molecular weight excluding hydrogens is 305 g/mol. The number of imidazole rings is 1. The van der Waals surface area contributed by atoms with Crippen LogP contribution in [0, 0.1) is 0 Å². The van der Waals surface area contributed by atoms with Gasteiger partial charge in [0.1, 0.15) is 11.8 Å². The molecule has 0 bridgehead atoms. The summed E-state index contributed by atoms with van der Waals surface area (Å²) < 4.78 is 15.2. The molecular formula is C19H18FN3O. The van der Waals surface area contributed by atoms with Gasteiger partial charge < -0.3 is 9.30 Å². The SMILES string of the molecule is O=C(Cc1ccn2cc(-c3ccccc3)nc2c1)N1CC[C@H](F)C1. The highest BCUT2D eigenvalue weighted by atomic mass is 19.1. The number of carbonyl (C=O) groups is 1. The van der Waals surface area contributed by atoms with Crippen LogP contribution in [0.2, 0.25) is 0 Å². The van der Waals surface area contributed by atoms with Crippen LogP contribution in [0.4, 0.5) is 4.39 Å². The molecule has 5 heteroatoms. The molecule has 3 aromatic rings. The molecule has 1 aromatic carbocycles. The quantitative estimate of drug-likeness (QED) is 0.743. The van der Waals surface area contributed by atoms with E-state index in [1.807, 2.05) is 59.3 Å². The van der Waals surface area contributed by atoms with Crippen LogP contribution in [0.1, 0.15) is 12.0 Å². The average molecular weight is 323 g/mol. The van der Waals surface area contributed by atoms with E-state index in [4.69, 9.17) is 0 Å². The van der Waals surface area contributed by atoms with Gasteiger partial charge in [-0.2, -0.15) is 0 Å². The molecule has 2 aromatic heterocycles. The number of fused-ring (bicyclic) bond motifs is 1. The van der Waals surface area contributed by atoms with Crippen molar-refractivity contribution in [3.05, 3.63) is 60.4 Å². The molecule has 3 heterocycles. The van der Waals surface area contributed by atoms with Crippen LogP contribution in [-0.2, 0) is 11.2 Å². The Morgan fingerprint density at radius 2 is 2.08 bits per heavy atom. The Kier molecular flexibility index (Phi) is 3.76. The number of amides is 1. The van der Waals surface area contributed by atoms with Gasteiger partial charge in [0.05, 0.1) is 18.7 Å². The first kappa shape index (κ1) is 14.9. The van der Waals surface area contributed by atoms with E-state index >= 15 is 0 Å². The third-order valence-corrected chi connectivity index (χ3v) is 4.43. The van der Waals surface area contributed by atoms with Crippen LogP contribution in [-0.4, -0.2) is 39.5 Å². The summed E-state index contributed by atoms with van der Waals surface area (Å²) in [5.74, 6) is -0.0191. The highest BCUT2D eigenvalue weighted by Gasteiger charge is 2.25. The van der Waals surface area contributed by atoms with Crippen molar-refractivity contribution in [3.8, 4) is 11.3 Å². The molecule has 0 unspecified atom stereocenters. The first-order valence-corrected chi connectivity index (χ1v) is 8.14. The van der Waals surface area contributed by atoms with E-state index in [2.05, 4.69) is 4.98 Å². The van der Waals surface area contributed by atoms with Gasteiger partial charge in [0.15, 0.2) is 0 Å². The Morgan fingerprint density at radius 3 is 2.83 bits per heavy atom. The van der Waals surface area contributed by atoms with Crippen LogP contribution in [0.15, 0.2) is 54.9 Å². The van der Waals surface area contributed by atoms with E-state index in [0.717, 1.165) is 22.5 Å². The van der Waals surface area contributed by atoms with Gasteiger partial charge in [-0.25, -0.2) is 9.37 Å². The standard InChI is InChI=1S/C19H18FN3O/c20-16-7-9-23(12-16)19(24)11-14-6-8-22-13-17(21-18(22)10-14)15-4-2-1-3-5-15/h1-6,8,10,13,16H,7,9,11-12H2/t16-/m0/s1. The van der Waals surface area contributed by atoms with E-state index in [1.54, 1.807) is 4.90 Å². The van der Waals surface area contributed by atoms with Gasteiger partial charge in [-0.15, -0.1) is 0 Å². The molecule has 0 radical (unpaired) electrons. The fourth-order valence-electron chi connectivity index (χ4n) is 3.11. The minimum absolute atomic E-state index is 0.0191. The number of halogens is 1. The van der Waals surface area contributed by atoms with Crippen molar-refractivity contribution < 1.29 is 9.18 Å². The van der Waals surface area contributed by atoms with Gasteiger partial charge in [0, 0.05) is 24.5 Å². The number of rotatable bonds is 3. The molecule has 0 saturated carbocycles. The lowest BCUT2D eigenvalue weighted by molar-refractivity contribution is -0.129. The van der Waals surface area contributed by atoms with E-state index in [-0.39, 0.29) is 18.9 Å². The Labute approximate surface area is 139 Å². The summed E-state index contributed by atoms with van der Waals surface area (Å²) in [5.41, 5.74) is 3.67. The van der Waals surface area contributed by atoms with Gasteiger partial charge in [0.25, 0.3) is 0 Å². The fourth-order valence-corrected chi connectivity index (χ4v) is 3.11. The number of likely N-dealkylation sites (tertiary alicyclic amines) is 1. The van der Waals surface area contributed by atoms with E-state index in [1.165, 1.54) is 0 Å².